The molecule has 0 atom stereocenters. The van der Waals surface area contributed by atoms with E-state index in [9.17, 15) is 26.7 Å². The van der Waals surface area contributed by atoms with Crippen LogP contribution in [0.4, 0.5) is 27.6 Å². The van der Waals surface area contributed by atoms with E-state index in [1.165, 1.54) is 25.5 Å². The minimum atomic E-state index is -4.55. The molecule has 2 fully saturated rings. The molecule has 214 valence electrons. The van der Waals surface area contributed by atoms with Crippen LogP contribution < -0.4 is 4.90 Å². The number of ketones is 1. The maximum Gasteiger partial charge on any atom is 0.416 e. The predicted molar refractivity (Wildman–Crippen MR) is 146 cm³/mol. The first kappa shape index (κ1) is 33.5. The molecule has 0 spiro atoms. The van der Waals surface area contributed by atoms with Gasteiger partial charge in [0, 0.05) is 49.1 Å². The Kier molecular flexibility index (Phi) is 12.9. The van der Waals surface area contributed by atoms with E-state index in [2.05, 4.69) is 18.0 Å². The van der Waals surface area contributed by atoms with Gasteiger partial charge in [0.25, 0.3) is 0 Å². The van der Waals surface area contributed by atoms with Crippen molar-refractivity contribution in [2.75, 3.05) is 18.0 Å². The number of aromatic nitrogens is 1. The van der Waals surface area contributed by atoms with Gasteiger partial charge in [-0.3, -0.25) is 9.78 Å². The van der Waals surface area contributed by atoms with Gasteiger partial charge in [0.1, 0.15) is 0 Å². The molecule has 1 aliphatic carbocycles. The van der Waals surface area contributed by atoms with Crippen molar-refractivity contribution in [2.45, 2.75) is 106 Å². The highest BCUT2D eigenvalue weighted by Gasteiger charge is 2.42. The number of hydrogen-bond acceptors (Lipinski definition) is 3. The first-order valence-electron chi connectivity index (χ1n) is 13.6. The molecule has 3 nitrogen and oxygen atoms in total. The molecule has 8 heteroatoms. The van der Waals surface area contributed by atoms with Crippen LogP contribution in [-0.2, 0) is 6.18 Å². The van der Waals surface area contributed by atoms with Gasteiger partial charge in [0.2, 0.25) is 5.92 Å². The third-order valence-electron chi connectivity index (χ3n) is 6.35. The summed E-state index contributed by atoms with van der Waals surface area (Å²) in [6.07, 6.45) is -1.72. The van der Waals surface area contributed by atoms with Crippen LogP contribution in [-0.4, -0.2) is 29.8 Å². The second-order valence-corrected chi connectivity index (χ2v) is 9.36. The van der Waals surface area contributed by atoms with Crippen LogP contribution in [0.2, 0.25) is 0 Å². The summed E-state index contributed by atoms with van der Waals surface area (Å²) in [6, 6.07) is 5.49. The Morgan fingerprint density at radius 2 is 1.61 bits per heavy atom. The third-order valence-corrected chi connectivity index (χ3v) is 6.35. The van der Waals surface area contributed by atoms with E-state index >= 15 is 0 Å². The number of carbonyl (C=O) groups is 1. The van der Waals surface area contributed by atoms with E-state index in [-0.39, 0.29) is 48.4 Å². The van der Waals surface area contributed by atoms with Gasteiger partial charge in [-0.2, -0.15) is 13.2 Å². The number of rotatable bonds is 3. The molecule has 1 saturated carbocycles. The summed E-state index contributed by atoms with van der Waals surface area (Å²) in [5, 5.41) is 0. The Labute approximate surface area is 224 Å². The molecule has 1 saturated heterocycles. The number of nitrogens with zero attached hydrogens (tertiary/aromatic N) is 2. The Morgan fingerprint density at radius 3 is 2.05 bits per heavy atom. The zero-order valence-electron chi connectivity index (χ0n) is 24.0. The van der Waals surface area contributed by atoms with Gasteiger partial charge in [-0.15, -0.1) is 0 Å². The van der Waals surface area contributed by atoms with Crippen LogP contribution in [0.15, 0.2) is 24.4 Å². The van der Waals surface area contributed by atoms with Crippen molar-refractivity contribution in [3.05, 3.63) is 57.9 Å². The van der Waals surface area contributed by atoms with Gasteiger partial charge in [-0.25, -0.2) is 8.78 Å². The number of halogens is 5. The lowest BCUT2D eigenvalue weighted by Crippen LogP contribution is -2.28. The van der Waals surface area contributed by atoms with Crippen molar-refractivity contribution in [1.29, 1.82) is 0 Å². The van der Waals surface area contributed by atoms with Crippen molar-refractivity contribution < 1.29 is 26.7 Å². The van der Waals surface area contributed by atoms with Crippen LogP contribution >= 0.6 is 0 Å². The molecular weight excluding hydrogens is 499 g/mol. The summed E-state index contributed by atoms with van der Waals surface area (Å²) < 4.78 is 68.3. The van der Waals surface area contributed by atoms with Gasteiger partial charge in [0.05, 0.1) is 5.56 Å². The lowest BCUT2D eigenvalue weighted by Gasteiger charge is -2.29. The summed E-state index contributed by atoms with van der Waals surface area (Å²) in [6.45, 7) is 14.9. The summed E-state index contributed by atoms with van der Waals surface area (Å²) >= 11 is 0. The maximum atomic E-state index is 13.7. The molecule has 4 rings (SSSR count). The van der Waals surface area contributed by atoms with E-state index in [0.717, 1.165) is 5.69 Å². The van der Waals surface area contributed by atoms with Crippen LogP contribution in [0.25, 0.3) is 0 Å². The number of carbonyl (C=O) groups excluding carboxylic acids is 1. The molecule has 1 aliphatic heterocycles. The molecular formula is C30H43F5N2O. The topological polar surface area (TPSA) is 33.2 Å². The standard InChI is InChI=1S/C19H22F5NO.C7H9N.2C2H6/c1-11-16(12(2)26)15(25-8-3-6-18(20,21)7-9-25)10-14(13-4-5-13)17(11)19(22,23)24;1-6-3-4-8-7(2)5-6;2*1-2/h10,13H,3-9H2,1-2H3;3-5H,1-2H3;2*1-2H3. The van der Waals surface area contributed by atoms with E-state index in [4.69, 9.17) is 0 Å². The number of alkyl halides is 5. The normalized spacial score (nSPS) is 16.5. The van der Waals surface area contributed by atoms with Gasteiger partial charge in [-0.1, -0.05) is 27.7 Å². The van der Waals surface area contributed by atoms with Crippen LogP contribution in [0.3, 0.4) is 0 Å². The average Bonchev–Trinajstić information content (AvgIpc) is 3.68. The highest BCUT2D eigenvalue weighted by atomic mass is 19.4. The molecule has 1 aromatic heterocycles. The number of anilines is 1. The molecule has 0 radical (unpaired) electrons. The van der Waals surface area contributed by atoms with Crippen molar-refractivity contribution in [1.82, 2.24) is 4.98 Å². The zero-order chi connectivity index (χ0) is 29.3. The highest BCUT2D eigenvalue weighted by molar-refractivity contribution is 6.02. The van der Waals surface area contributed by atoms with Gasteiger partial charge < -0.3 is 4.90 Å². The van der Waals surface area contributed by atoms with E-state index in [1.54, 1.807) is 4.90 Å². The maximum absolute atomic E-state index is 13.7. The highest BCUT2D eigenvalue weighted by Crippen LogP contribution is 2.49. The molecule has 38 heavy (non-hydrogen) atoms. The second kappa shape index (κ2) is 14.6. The number of aryl methyl sites for hydroxylation is 2. The van der Waals surface area contributed by atoms with E-state index in [0.29, 0.717) is 25.1 Å². The van der Waals surface area contributed by atoms with Crippen LogP contribution in [0.5, 0.6) is 0 Å². The molecule has 2 aromatic rings. The van der Waals surface area contributed by atoms with Gasteiger partial charge >= 0.3 is 6.18 Å². The minimum Gasteiger partial charge on any atom is -0.371 e. The fourth-order valence-electron chi connectivity index (χ4n) is 4.60. The average molecular weight is 543 g/mol. The predicted octanol–water partition coefficient (Wildman–Crippen LogP) is 9.47. The van der Waals surface area contributed by atoms with Crippen LogP contribution in [0, 0.1) is 20.8 Å². The van der Waals surface area contributed by atoms with Crippen molar-refractivity contribution >= 4 is 11.5 Å². The summed E-state index contributed by atoms with van der Waals surface area (Å²) in [4.78, 5) is 17.9. The van der Waals surface area contributed by atoms with Crippen molar-refractivity contribution in [3.63, 3.8) is 0 Å². The van der Waals surface area contributed by atoms with E-state index in [1.807, 2.05) is 46.9 Å². The molecule has 1 aromatic carbocycles. The number of hydrogen-bond donors (Lipinski definition) is 0. The number of pyridine rings is 1. The molecule has 0 bridgehead atoms. The zero-order valence-corrected chi connectivity index (χ0v) is 24.0. The quantitative estimate of drug-likeness (QED) is 0.286. The molecule has 2 heterocycles. The lowest BCUT2D eigenvalue weighted by atomic mass is 9.90. The number of benzene rings is 1. The first-order chi connectivity index (χ1) is 17.8. The summed E-state index contributed by atoms with van der Waals surface area (Å²) in [5.74, 6) is -3.41. The second-order valence-electron chi connectivity index (χ2n) is 9.36. The summed E-state index contributed by atoms with van der Waals surface area (Å²) in [5.41, 5.74) is 2.14. The molecule has 0 amide bonds. The Morgan fingerprint density at radius 1 is 1.00 bits per heavy atom. The molecule has 0 unspecified atom stereocenters. The molecule has 0 N–H and O–H groups in total. The Bertz CT molecular complexity index is 1030. The van der Waals surface area contributed by atoms with Crippen molar-refractivity contribution in [3.8, 4) is 0 Å². The van der Waals surface area contributed by atoms with Gasteiger partial charge in [-0.05, 0) is 87.8 Å². The Hall–Kier alpha value is -2.51. The Balaban J connectivity index is 0.000000505. The van der Waals surface area contributed by atoms with Gasteiger partial charge in [0.15, 0.2) is 5.78 Å². The minimum absolute atomic E-state index is 0.00643. The molecule has 2 aliphatic rings. The SMILES string of the molecule is CC.CC.CC(=O)c1c(N2CCCC(F)(F)CC2)cc(C2CC2)c(C(F)(F)F)c1C.Cc1ccnc(C)c1. The smallest absolute Gasteiger partial charge is 0.371 e. The number of Topliss-reactive ketones (excluding diaryl/α,β-unsaturated/α-hetero) is 1. The first-order valence-corrected chi connectivity index (χ1v) is 13.6. The largest absolute Gasteiger partial charge is 0.416 e. The fourth-order valence-corrected chi connectivity index (χ4v) is 4.60. The van der Waals surface area contributed by atoms with Crippen LogP contribution in [0.1, 0.15) is 111 Å². The van der Waals surface area contributed by atoms with Crippen molar-refractivity contribution in [2.24, 2.45) is 0 Å². The lowest BCUT2D eigenvalue weighted by molar-refractivity contribution is -0.138. The monoisotopic (exact) mass is 542 g/mol. The summed E-state index contributed by atoms with van der Waals surface area (Å²) in [7, 11) is 0. The fraction of sp³-hybridized carbons (Fsp3) is 0.600. The van der Waals surface area contributed by atoms with E-state index < -0.39 is 23.4 Å². The third kappa shape index (κ3) is 9.35.